The summed E-state index contributed by atoms with van der Waals surface area (Å²) < 4.78 is 4.99. The average molecular weight is 257 g/mol. The van der Waals surface area contributed by atoms with Crippen LogP contribution in [-0.2, 0) is 4.74 Å². The average Bonchev–Trinajstić information content (AvgIpc) is 3.07. The van der Waals surface area contributed by atoms with Gasteiger partial charge < -0.3 is 15.4 Å². The Labute approximate surface area is 109 Å². The molecule has 0 aromatic carbocycles. The van der Waals surface area contributed by atoms with Gasteiger partial charge in [0.2, 0.25) is 0 Å². The lowest BCUT2D eigenvalue weighted by Crippen LogP contribution is -2.43. The van der Waals surface area contributed by atoms with E-state index in [9.17, 15) is 0 Å². The maximum Gasteiger partial charge on any atom is 0.166 e. The fourth-order valence-electron chi connectivity index (χ4n) is 2.33. The number of nitrogens with zero attached hydrogens (tertiary/aromatic N) is 1. The highest BCUT2D eigenvalue weighted by Crippen LogP contribution is 2.29. The number of thiocarbonyl (C=S) groups is 1. The minimum absolute atomic E-state index is 0.540. The van der Waals surface area contributed by atoms with Crippen molar-refractivity contribution in [1.82, 2.24) is 15.5 Å². The van der Waals surface area contributed by atoms with Gasteiger partial charge in [-0.3, -0.25) is 4.90 Å². The Bertz CT molecular complexity index is 258. The Hall–Kier alpha value is -0.390. The summed E-state index contributed by atoms with van der Waals surface area (Å²) in [5.74, 6) is 0. The summed E-state index contributed by atoms with van der Waals surface area (Å²) in [5, 5.41) is 7.43. The summed E-state index contributed by atoms with van der Waals surface area (Å²) in [6.07, 6.45) is 5.01. The second-order valence-corrected chi connectivity index (χ2v) is 5.37. The first kappa shape index (κ1) is 13.1. The van der Waals surface area contributed by atoms with Gasteiger partial charge in [-0.05, 0) is 37.9 Å². The van der Waals surface area contributed by atoms with Crippen LogP contribution >= 0.6 is 12.2 Å². The molecular formula is C12H23N3OS. The van der Waals surface area contributed by atoms with E-state index in [1.807, 2.05) is 0 Å². The molecule has 0 spiro atoms. The molecule has 2 aliphatic rings. The third-order valence-electron chi connectivity index (χ3n) is 3.43. The van der Waals surface area contributed by atoms with E-state index in [1.165, 1.54) is 25.8 Å². The third kappa shape index (κ3) is 4.41. The van der Waals surface area contributed by atoms with E-state index in [0.717, 1.165) is 37.3 Å². The molecule has 17 heavy (non-hydrogen) atoms. The van der Waals surface area contributed by atoms with Crippen molar-refractivity contribution in [2.45, 2.75) is 37.8 Å². The zero-order valence-electron chi connectivity index (χ0n) is 10.6. The topological polar surface area (TPSA) is 36.5 Å². The highest BCUT2D eigenvalue weighted by molar-refractivity contribution is 7.80. The van der Waals surface area contributed by atoms with Crippen LogP contribution in [0.25, 0.3) is 0 Å². The molecule has 1 saturated heterocycles. The van der Waals surface area contributed by atoms with Crippen LogP contribution in [0, 0.1) is 0 Å². The van der Waals surface area contributed by atoms with E-state index in [-0.39, 0.29) is 0 Å². The van der Waals surface area contributed by atoms with Gasteiger partial charge in [-0.15, -0.1) is 0 Å². The lowest BCUT2D eigenvalue weighted by Gasteiger charge is -2.17. The monoisotopic (exact) mass is 257 g/mol. The summed E-state index contributed by atoms with van der Waals surface area (Å²) in [6, 6.07) is 1.42. The van der Waals surface area contributed by atoms with Crippen LogP contribution in [0.1, 0.15) is 25.7 Å². The third-order valence-corrected chi connectivity index (χ3v) is 3.69. The van der Waals surface area contributed by atoms with Gasteiger partial charge in [0.1, 0.15) is 0 Å². The Morgan fingerprint density at radius 3 is 2.94 bits per heavy atom. The Morgan fingerprint density at radius 1 is 1.41 bits per heavy atom. The van der Waals surface area contributed by atoms with Crippen molar-refractivity contribution in [3.8, 4) is 0 Å². The van der Waals surface area contributed by atoms with Crippen molar-refractivity contribution >= 4 is 17.3 Å². The lowest BCUT2D eigenvalue weighted by atomic mass is 10.3. The summed E-state index contributed by atoms with van der Waals surface area (Å²) in [7, 11) is 1.72. The zero-order valence-corrected chi connectivity index (χ0v) is 11.4. The minimum atomic E-state index is 0.540. The van der Waals surface area contributed by atoms with Crippen LogP contribution in [0.4, 0.5) is 0 Å². The molecule has 2 fully saturated rings. The number of methoxy groups -OCH3 is 1. The number of ether oxygens (including phenoxy) is 1. The van der Waals surface area contributed by atoms with Crippen molar-refractivity contribution in [2.24, 2.45) is 0 Å². The first-order chi connectivity index (χ1) is 8.29. The minimum Gasteiger partial charge on any atom is -0.385 e. The zero-order chi connectivity index (χ0) is 12.1. The second-order valence-electron chi connectivity index (χ2n) is 4.96. The summed E-state index contributed by atoms with van der Waals surface area (Å²) in [6.45, 7) is 4.06. The van der Waals surface area contributed by atoms with Gasteiger partial charge in [0.15, 0.2) is 5.11 Å². The summed E-state index contributed by atoms with van der Waals surface area (Å²) in [5.41, 5.74) is 0. The standard InChI is InChI=1S/C12H23N3OS/c1-16-8-2-6-13-12(17)14-10-5-7-15(9-10)11-3-4-11/h10-11H,2-9H2,1H3,(H2,13,14,17). The molecule has 2 N–H and O–H groups in total. The van der Waals surface area contributed by atoms with Gasteiger partial charge >= 0.3 is 0 Å². The predicted octanol–water partition coefficient (Wildman–Crippen LogP) is 0.724. The number of hydrogen-bond acceptors (Lipinski definition) is 3. The van der Waals surface area contributed by atoms with Crippen molar-refractivity contribution in [1.29, 1.82) is 0 Å². The SMILES string of the molecule is COCCCNC(=S)NC1CCN(C2CC2)C1. The second kappa shape index (κ2) is 6.52. The van der Waals surface area contributed by atoms with Crippen LogP contribution in [0.3, 0.4) is 0 Å². The molecule has 0 amide bonds. The lowest BCUT2D eigenvalue weighted by molar-refractivity contribution is 0.195. The number of hydrogen-bond donors (Lipinski definition) is 2. The number of nitrogens with one attached hydrogen (secondary N) is 2. The van der Waals surface area contributed by atoms with E-state index in [2.05, 4.69) is 15.5 Å². The van der Waals surface area contributed by atoms with Crippen LogP contribution < -0.4 is 10.6 Å². The molecule has 0 radical (unpaired) electrons. The molecule has 4 nitrogen and oxygen atoms in total. The Kier molecular flexibility index (Phi) is 5.00. The van der Waals surface area contributed by atoms with E-state index in [1.54, 1.807) is 7.11 Å². The van der Waals surface area contributed by atoms with Crippen LogP contribution in [0.2, 0.25) is 0 Å². The molecule has 1 heterocycles. The molecule has 1 aliphatic carbocycles. The molecule has 1 atom stereocenters. The Balaban J connectivity index is 1.55. The summed E-state index contributed by atoms with van der Waals surface area (Å²) in [4.78, 5) is 2.59. The molecule has 0 bridgehead atoms. The van der Waals surface area contributed by atoms with Crippen molar-refractivity contribution in [2.75, 3.05) is 33.4 Å². The predicted molar refractivity (Wildman–Crippen MR) is 73.2 cm³/mol. The largest absolute Gasteiger partial charge is 0.385 e. The quantitative estimate of drug-likeness (QED) is 0.542. The molecule has 98 valence electrons. The van der Waals surface area contributed by atoms with Gasteiger partial charge in [-0.1, -0.05) is 0 Å². The molecular weight excluding hydrogens is 234 g/mol. The summed E-state index contributed by atoms with van der Waals surface area (Å²) >= 11 is 5.28. The van der Waals surface area contributed by atoms with E-state index >= 15 is 0 Å². The van der Waals surface area contributed by atoms with E-state index < -0.39 is 0 Å². The van der Waals surface area contributed by atoms with E-state index in [4.69, 9.17) is 17.0 Å². The maximum absolute atomic E-state index is 5.28. The fraction of sp³-hybridized carbons (Fsp3) is 0.917. The first-order valence-electron chi connectivity index (χ1n) is 6.57. The van der Waals surface area contributed by atoms with Gasteiger partial charge in [-0.25, -0.2) is 0 Å². The van der Waals surface area contributed by atoms with Crippen molar-refractivity contribution < 1.29 is 4.74 Å². The van der Waals surface area contributed by atoms with Gasteiger partial charge in [0, 0.05) is 45.4 Å². The molecule has 0 aromatic rings. The van der Waals surface area contributed by atoms with Gasteiger partial charge in [-0.2, -0.15) is 0 Å². The van der Waals surface area contributed by atoms with Crippen molar-refractivity contribution in [3.63, 3.8) is 0 Å². The van der Waals surface area contributed by atoms with Crippen LogP contribution in [0.15, 0.2) is 0 Å². The maximum atomic E-state index is 5.28. The molecule has 0 aromatic heterocycles. The highest BCUT2D eigenvalue weighted by Gasteiger charge is 2.34. The van der Waals surface area contributed by atoms with Crippen LogP contribution in [-0.4, -0.2) is 55.4 Å². The highest BCUT2D eigenvalue weighted by atomic mass is 32.1. The number of rotatable bonds is 6. The molecule has 1 unspecified atom stereocenters. The Morgan fingerprint density at radius 2 is 2.24 bits per heavy atom. The molecule has 1 saturated carbocycles. The van der Waals surface area contributed by atoms with Gasteiger partial charge in [0.05, 0.1) is 0 Å². The number of likely N-dealkylation sites (tertiary alicyclic amines) is 1. The molecule has 2 rings (SSSR count). The first-order valence-corrected chi connectivity index (χ1v) is 6.98. The van der Waals surface area contributed by atoms with E-state index in [0.29, 0.717) is 6.04 Å². The molecule has 5 heteroatoms. The molecule has 1 aliphatic heterocycles. The van der Waals surface area contributed by atoms with Crippen molar-refractivity contribution in [3.05, 3.63) is 0 Å². The normalized spacial score (nSPS) is 24.9. The smallest absolute Gasteiger partial charge is 0.166 e. The van der Waals surface area contributed by atoms with Gasteiger partial charge in [0.25, 0.3) is 0 Å². The van der Waals surface area contributed by atoms with Crippen LogP contribution in [0.5, 0.6) is 0 Å². The fourth-order valence-corrected chi connectivity index (χ4v) is 2.60.